The molecule has 2 heterocycles. The minimum absolute atomic E-state index is 0.175. The van der Waals surface area contributed by atoms with Crippen LogP contribution in [0.1, 0.15) is 34.7 Å². The third-order valence-corrected chi connectivity index (χ3v) is 5.01. The zero-order chi connectivity index (χ0) is 17.4. The van der Waals surface area contributed by atoms with Crippen LogP contribution < -0.4 is 11.0 Å². The Balaban J connectivity index is 1.31. The normalized spacial score (nSPS) is 19.6. The first-order chi connectivity index (χ1) is 12.1. The topological polar surface area (TPSA) is 90.6 Å². The Kier molecular flexibility index (Phi) is 4.05. The first-order valence-electron chi connectivity index (χ1n) is 8.20. The lowest BCUT2D eigenvalue weighted by Crippen LogP contribution is -2.35. The smallest absolute Gasteiger partial charge is 0.325 e. The third kappa shape index (κ3) is 3.30. The highest BCUT2D eigenvalue weighted by Gasteiger charge is 2.30. The molecule has 1 aromatic carbocycles. The number of imidazole rings is 1. The highest BCUT2D eigenvalue weighted by molar-refractivity contribution is 6.30. The number of hydrogen-bond acceptors (Lipinski definition) is 3. The predicted octanol–water partition coefficient (Wildman–Crippen LogP) is 2.83. The lowest BCUT2D eigenvalue weighted by Gasteiger charge is -2.35. The predicted molar refractivity (Wildman–Crippen MR) is 96.0 cm³/mol. The minimum Gasteiger partial charge on any atom is -0.352 e. The third-order valence-electron chi connectivity index (χ3n) is 4.76. The van der Waals surface area contributed by atoms with E-state index in [9.17, 15) is 9.59 Å². The second-order valence-electron chi connectivity index (χ2n) is 6.50. The van der Waals surface area contributed by atoms with Crippen molar-refractivity contribution in [3.63, 3.8) is 0 Å². The van der Waals surface area contributed by atoms with Gasteiger partial charge in [0.05, 0.1) is 11.1 Å². The Morgan fingerprint density at radius 2 is 2.00 bits per heavy atom. The standard InChI is InChI=1S/C18H17ClN4O2/c19-14-3-1-11(2-4-14)12-5-10(6-12)8-21-17(24)13-7-15-16(20-9-13)23-18(25)22-15/h1-4,7,9-10,12H,5-6,8H2,(H,21,24)(H2,20,22,23,25). The Bertz CT molecular complexity index is 971. The highest BCUT2D eigenvalue weighted by atomic mass is 35.5. The number of hydrogen-bond donors (Lipinski definition) is 3. The van der Waals surface area contributed by atoms with Gasteiger partial charge in [-0.3, -0.25) is 9.78 Å². The number of nitrogens with zero attached hydrogens (tertiary/aromatic N) is 1. The van der Waals surface area contributed by atoms with E-state index < -0.39 is 0 Å². The molecule has 0 aliphatic heterocycles. The molecule has 1 fully saturated rings. The molecular weight excluding hydrogens is 340 g/mol. The van der Waals surface area contributed by atoms with Crippen LogP contribution in [0.5, 0.6) is 0 Å². The average Bonchev–Trinajstić information content (AvgIpc) is 2.93. The number of carbonyl (C=O) groups is 1. The second kappa shape index (κ2) is 6.37. The molecule has 4 rings (SSSR count). The molecule has 1 amide bonds. The van der Waals surface area contributed by atoms with Crippen LogP contribution in [0.4, 0.5) is 0 Å². The molecule has 7 heteroatoms. The van der Waals surface area contributed by atoms with E-state index in [0.29, 0.717) is 35.1 Å². The second-order valence-corrected chi connectivity index (χ2v) is 6.93. The number of fused-ring (bicyclic) bond motifs is 1. The van der Waals surface area contributed by atoms with E-state index in [-0.39, 0.29) is 11.6 Å². The molecule has 25 heavy (non-hydrogen) atoms. The molecule has 6 nitrogen and oxygen atoms in total. The fraction of sp³-hybridized carbons (Fsp3) is 0.278. The van der Waals surface area contributed by atoms with Crippen LogP contribution in [0.3, 0.4) is 0 Å². The molecule has 1 aliphatic carbocycles. The molecule has 0 saturated heterocycles. The minimum atomic E-state index is -0.331. The van der Waals surface area contributed by atoms with Crippen LogP contribution in [-0.4, -0.2) is 27.4 Å². The van der Waals surface area contributed by atoms with Gasteiger partial charge in [-0.05, 0) is 48.4 Å². The zero-order valence-corrected chi connectivity index (χ0v) is 14.1. The number of carbonyl (C=O) groups excluding carboxylic acids is 1. The number of aromatic amines is 2. The molecule has 3 N–H and O–H groups in total. The fourth-order valence-electron chi connectivity index (χ4n) is 3.29. The largest absolute Gasteiger partial charge is 0.352 e. The van der Waals surface area contributed by atoms with Gasteiger partial charge in [0.15, 0.2) is 5.65 Å². The molecule has 0 radical (unpaired) electrons. The van der Waals surface area contributed by atoms with Gasteiger partial charge in [0.1, 0.15) is 0 Å². The van der Waals surface area contributed by atoms with Crippen LogP contribution in [-0.2, 0) is 0 Å². The van der Waals surface area contributed by atoms with Crippen molar-refractivity contribution in [3.8, 4) is 0 Å². The number of benzene rings is 1. The summed E-state index contributed by atoms with van der Waals surface area (Å²) >= 11 is 5.91. The van der Waals surface area contributed by atoms with Crippen LogP contribution in [0.2, 0.25) is 5.02 Å². The molecule has 0 atom stereocenters. The monoisotopic (exact) mass is 356 g/mol. The number of aromatic nitrogens is 3. The molecule has 3 aromatic rings. The number of amides is 1. The molecule has 0 unspecified atom stereocenters. The SMILES string of the molecule is O=C(NCC1CC(c2ccc(Cl)cc2)C1)c1cnc2[nH]c(=O)[nH]c2c1. The number of H-pyrrole nitrogens is 2. The molecular formula is C18H17ClN4O2. The maximum atomic E-state index is 12.3. The van der Waals surface area contributed by atoms with Gasteiger partial charge in [0.25, 0.3) is 5.91 Å². The number of rotatable bonds is 4. The Morgan fingerprint density at radius 1 is 1.24 bits per heavy atom. The summed E-state index contributed by atoms with van der Waals surface area (Å²) in [6.07, 6.45) is 3.59. The molecule has 0 spiro atoms. The lowest BCUT2D eigenvalue weighted by molar-refractivity contribution is 0.0935. The van der Waals surface area contributed by atoms with Gasteiger partial charge >= 0.3 is 5.69 Å². The van der Waals surface area contributed by atoms with E-state index >= 15 is 0 Å². The van der Waals surface area contributed by atoms with E-state index in [1.807, 2.05) is 12.1 Å². The maximum absolute atomic E-state index is 12.3. The molecule has 2 aromatic heterocycles. The zero-order valence-electron chi connectivity index (χ0n) is 13.4. The summed E-state index contributed by atoms with van der Waals surface area (Å²) in [6, 6.07) is 9.61. The van der Waals surface area contributed by atoms with Crippen molar-refractivity contribution in [2.75, 3.05) is 6.54 Å². The average molecular weight is 357 g/mol. The number of pyridine rings is 1. The van der Waals surface area contributed by atoms with Gasteiger partial charge < -0.3 is 10.3 Å². The fourth-order valence-corrected chi connectivity index (χ4v) is 3.42. The van der Waals surface area contributed by atoms with Crippen LogP contribution in [0.25, 0.3) is 11.2 Å². The van der Waals surface area contributed by atoms with Crippen molar-refractivity contribution in [2.45, 2.75) is 18.8 Å². The number of nitrogens with one attached hydrogen (secondary N) is 3. The van der Waals surface area contributed by atoms with Gasteiger partial charge in [-0.1, -0.05) is 23.7 Å². The van der Waals surface area contributed by atoms with E-state index in [2.05, 4.69) is 32.4 Å². The molecule has 1 saturated carbocycles. The Hall–Kier alpha value is -2.60. The van der Waals surface area contributed by atoms with Gasteiger partial charge in [-0.15, -0.1) is 0 Å². The summed E-state index contributed by atoms with van der Waals surface area (Å²) in [4.78, 5) is 32.7. The van der Waals surface area contributed by atoms with E-state index in [1.54, 1.807) is 6.07 Å². The van der Waals surface area contributed by atoms with Gasteiger partial charge in [-0.25, -0.2) is 9.78 Å². The van der Waals surface area contributed by atoms with E-state index in [1.165, 1.54) is 11.8 Å². The highest BCUT2D eigenvalue weighted by Crippen LogP contribution is 2.41. The summed E-state index contributed by atoms with van der Waals surface area (Å²) in [7, 11) is 0. The van der Waals surface area contributed by atoms with Crippen molar-refractivity contribution in [1.29, 1.82) is 0 Å². The summed E-state index contributed by atoms with van der Waals surface area (Å²) in [5, 5.41) is 3.70. The van der Waals surface area contributed by atoms with Gasteiger partial charge in [0, 0.05) is 17.8 Å². The lowest BCUT2D eigenvalue weighted by atomic mass is 9.71. The Labute approximate surface area is 148 Å². The first kappa shape index (κ1) is 15.9. The maximum Gasteiger partial charge on any atom is 0.325 e. The first-order valence-corrected chi connectivity index (χ1v) is 8.58. The van der Waals surface area contributed by atoms with Crippen molar-refractivity contribution >= 4 is 28.7 Å². The van der Waals surface area contributed by atoms with Crippen molar-refractivity contribution < 1.29 is 4.79 Å². The summed E-state index contributed by atoms with van der Waals surface area (Å²) in [5.74, 6) is 0.849. The number of halogens is 1. The van der Waals surface area contributed by atoms with Crippen molar-refractivity contribution in [1.82, 2.24) is 20.3 Å². The van der Waals surface area contributed by atoms with E-state index in [0.717, 1.165) is 17.9 Å². The Morgan fingerprint density at radius 3 is 2.76 bits per heavy atom. The van der Waals surface area contributed by atoms with Gasteiger partial charge in [-0.2, -0.15) is 0 Å². The van der Waals surface area contributed by atoms with Crippen LogP contribution >= 0.6 is 11.6 Å². The van der Waals surface area contributed by atoms with Gasteiger partial charge in [0.2, 0.25) is 0 Å². The molecule has 0 bridgehead atoms. The van der Waals surface area contributed by atoms with Crippen LogP contribution in [0.15, 0.2) is 41.3 Å². The quantitative estimate of drug-likeness (QED) is 0.671. The van der Waals surface area contributed by atoms with Crippen molar-refractivity contribution in [2.24, 2.45) is 5.92 Å². The summed E-state index contributed by atoms with van der Waals surface area (Å²) in [6.45, 7) is 0.643. The van der Waals surface area contributed by atoms with E-state index in [4.69, 9.17) is 11.6 Å². The van der Waals surface area contributed by atoms with Crippen LogP contribution in [0, 0.1) is 5.92 Å². The van der Waals surface area contributed by atoms with Crippen molar-refractivity contribution in [3.05, 3.63) is 63.2 Å². The summed E-state index contributed by atoms with van der Waals surface area (Å²) in [5.41, 5.74) is 2.40. The summed E-state index contributed by atoms with van der Waals surface area (Å²) < 4.78 is 0. The molecule has 1 aliphatic rings. The molecule has 128 valence electrons.